The monoisotopic (exact) mass is 533 g/mol. The number of halogens is 3. The number of anilines is 1. The summed E-state index contributed by atoms with van der Waals surface area (Å²) in [5, 5.41) is 15.6. The average molecular weight is 534 g/mol. The van der Waals surface area contributed by atoms with Gasteiger partial charge in [0.25, 0.3) is 5.91 Å². The number of imidazole rings is 1. The number of thiazole rings is 1. The molecule has 5 rings (SSSR count). The Morgan fingerprint density at radius 2 is 2.08 bits per heavy atom. The van der Waals surface area contributed by atoms with E-state index in [9.17, 15) is 18.0 Å². The van der Waals surface area contributed by atoms with Crippen molar-refractivity contribution in [3.8, 4) is 0 Å². The molecule has 1 fully saturated rings. The fourth-order valence-electron chi connectivity index (χ4n) is 4.35. The Morgan fingerprint density at radius 1 is 1.27 bits per heavy atom. The lowest BCUT2D eigenvalue weighted by atomic mass is 9.99. The lowest BCUT2D eigenvalue weighted by molar-refractivity contribution is -0.160. The minimum atomic E-state index is -4.25. The molecule has 0 bridgehead atoms. The van der Waals surface area contributed by atoms with Crippen LogP contribution in [0.15, 0.2) is 48.7 Å². The first-order valence-corrected chi connectivity index (χ1v) is 12.7. The number of hydrogen-bond donors (Lipinski definition) is 3. The van der Waals surface area contributed by atoms with Crippen LogP contribution in [0.3, 0.4) is 0 Å². The largest absolute Gasteiger partial charge is 0.395 e. The second-order valence-electron chi connectivity index (χ2n) is 9.14. The number of β-amino-alcohol motifs (C(OH)–C–C–N with tert-alkyl or cyclic N) is 1. The Hall–Kier alpha value is -3.29. The number of aliphatic hydroxyl groups excluding tert-OH is 1. The number of carbonyl (C=O) groups excluding carboxylic acids is 1. The highest BCUT2D eigenvalue weighted by Gasteiger charge is 2.37. The van der Waals surface area contributed by atoms with Gasteiger partial charge < -0.3 is 20.3 Å². The van der Waals surface area contributed by atoms with Crippen molar-refractivity contribution >= 4 is 33.4 Å². The number of nitrogens with one attached hydrogen (secondary N) is 2. The maximum absolute atomic E-state index is 13.0. The number of nitrogens with zero attached hydrogens (tertiary/aromatic N) is 5. The van der Waals surface area contributed by atoms with E-state index in [4.69, 9.17) is 5.11 Å². The highest BCUT2D eigenvalue weighted by atomic mass is 32.1. The first kappa shape index (κ1) is 25.4. The zero-order valence-electron chi connectivity index (χ0n) is 19.9. The molecule has 3 N–H and O–H groups in total. The number of aromatic nitrogens is 4. The Labute approximate surface area is 214 Å². The molecule has 0 radical (unpaired) electrons. The molecular formula is C24H26F3N7O2S. The highest BCUT2D eigenvalue weighted by molar-refractivity contribution is 7.15. The first-order chi connectivity index (χ1) is 17.7. The Balaban J connectivity index is 1.20. The highest BCUT2D eigenvalue weighted by Crippen LogP contribution is 2.34. The summed E-state index contributed by atoms with van der Waals surface area (Å²) in [4.78, 5) is 28.8. The smallest absolute Gasteiger partial charge is 0.395 e. The van der Waals surface area contributed by atoms with Crippen LogP contribution in [0.4, 0.5) is 18.3 Å². The number of fused-ring (bicyclic) bond motifs is 1. The number of rotatable bonds is 8. The quantitative estimate of drug-likeness (QED) is 0.406. The summed E-state index contributed by atoms with van der Waals surface area (Å²) < 4.78 is 40.5. The number of aliphatic hydroxyl groups is 1. The lowest BCUT2D eigenvalue weighted by Gasteiger charge is -2.39. The first-order valence-electron chi connectivity index (χ1n) is 11.9. The molecule has 4 heterocycles. The van der Waals surface area contributed by atoms with Crippen molar-refractivity contribution in [1.29, 1.82) is 0 Å². The molecule has 37 heavy (non-hydrogen) atoms. The maximum Gasteiger partial charge on any atom is 0.395 e. The summed E-state index contributed by atoms with van der Waals surface area (Å²) in [5.74, 6) is -1.81. The molecule has 0 saturated carbocycles. The van der Waals surface area contributed by atoms with Crippen LogP contribution in [0.2, 0.25) is 0 Å². The third-order valence-corrected chi connectivity index (χ3v) is 7.61. The molecule has 2 aliphatic rings. The van der Waals surface area contributed by atoms with Gasteiger partial charge in [-0.05, 0) is 25.5 Å². The summed E-state index contributed by atoms with van der Waals surface area (Å²) in [5.41, 5.74) is 2.36. The van der Waals surface area contributed by atoms with E-state index in [0.29, 0.717) is 22.9 Å². The maximum atomic E-state index is 13.0. The van der Waals surface area contributed by atoms with Gasteiger partial charge in [-0.15, -0.1) is 0 Å². The average Bonchev–Trinajstić information content (AvgIpc) is 3.48. The van der Waals surface area contributed by atoms with Crippen molar-refractivity contribution in [1.82, 2.24) is 29.7 Å². The van der Waals surface area contributed by atoms with Crippen molar-refractivity contribution in [2.75, 3.05) is 31.6 Å². The second kappa shape index (κ2) is 10.2. The SMILES string of the molecule is C[C@@H](NC(=O)c1cc2c(cn1)ncn2C1CN(CCO)C1)c1cnc(NC2=CCC(C(F)(F)F)C=C2)s1. The molecule has 13 heteroatoms. The van der Waals surface area contributed by atoms with E-state index in [0.717, 1.165) is 29.6 Å². The van der Waals surface area contributed by atoms with E-state index in [1.165, 1.54) is 23.5 Å². The van der Waals surface area contributed by atoms with Gasteiger partial charge in [0.1, 0.15) is 11.2 Å². The van der Waals surface area contributed by atoms with E-state index >= 15 is 0 Å². The van der Waals surface area contributed by atoms with Gasteiger partial charge in [-0.25, -0.2) is 15.0 Å². The zero-order chi connectivity index (χ0) is 26.2. The third kappa shape index (κ3) is 5.53. The van der Waals surface area contributed by atoms with Gasteiger partial charge in [0, 0.05) is 36.4 Å². The Morgan fingerprint density at radius 3 is 2.78 bits per heavy atom. The number of alkyl halides is 3. The van der Waals surface area contributed by atoms with Crippen molar-refractivity contribution < 1.29 is 23.1 Å². The van der Waals surface area contributed by atoms with Gasteiger partial charge in [0.2, 0.25) is 0 Å². The topological polar surface area (TPSA) is 108 Å². The van der Waals surface area contributed by atoms with Crippen LogP contribution in [-0.4, -0.2) is 67.9 Å². The molecule has 0 spiro atoms. The number of hydrogen-bond acceptors (Lipinski definition) is 8. The standard InChI is InChI=1S/C24H26F3N7O2S/c1-14(21-10-29-23(37-21)32-16-4-2-15(3-5-16)24(25,26)27)31-22(36)18-8-20-19(9-28-18)30-13-34(20)17-11-33(12-17)6-7-35/h2,4-5,8-10,13-15,17,35H,3,6-7,11-12H2,1H3,(H,29,32)(H,31,36)/t14-,15?/m1/s1. The zero-order valence-corrected chi connectivity index (χ0v) is 20.8. The summed E-state index contributed by atoms with van der Waals surface area (Å²) in [6, 6.07) is 1.60. The van der Waals surface area contributed by atoms with Gasteiger partial charge in [-0.2, -0.15) is 13.2 Å². The molecule has 1 unspecified atom stereocenters. The number of pyridine rings is 1. The fourth-order valence-corrected chi connectivity index (χ4v) is 5.19. The molecule has 1 aliphatic heterocycles. The summed E-state index contributed by atoms with van der Waals surface area (Å²) >= 11 is 1.31. The number of allylic oxidation sites excluding steroid dienone is 3. The number of likely N-dealkylation sites (tertiary alicyclic amines) is 1. The van der Waals surface area contributed by atoms with E-state index < -0.39 is 12.1 Å². The molecule has 0 aromatic carbocycles. The van der Waals surface area contributed by atoms with Gasteiger partial charge in [0.05, 0.1) is 42.6 Å². The molecule has 1 amide bonds. The van der Waals surface area contributed by atoms with Crippen LogP contribution in [0.1, 0.15) is 40.8 Å². The van der Waals surface area contributed by atoms with Gasteiger partial charge in [0.15, 0.2) is 5.13 Å². The van der Waals surface area contributed by atoms with Crippen LogP contribution < -0.4 is 10.6 Å². The summed E-state index contributed by atoms with van der Waals surface area (Å²) in [6.45, 7) is 4.21. The van der Waals surface area contributed by atoms with Gasteiger partial charge in [-0.1, -0.05) is 23.5 Å². The van der Waals surface area contributed by atoms with E-state index in [-0.39, 0.29) is 36.7 Å². The summed E-state index contributed by atoms with van der Waals surface area (Å²) in [6.07, 6.45) is 4.65. The van der Waals surface area contributed by atoms with Crippen LogP contribution in [-0.2, 0) is 0 Å². The summed E-state index contributed by atoms with van der Waals surface area (Å²) in [7, 11) is 0. The van der Waals surface area contributed by atoms with Crippen LogP contribution in [0.5, 0.6) is 0 Å². The molecule has 3 aromatic rings. The molecule has 1 saturated heterocycles. The van der Waals surface area contributed by atoms with E-state index in [1.54, 1.807) is 24.8 Å². The van der Waals surface area contributed by atoms with Gasteiger partial charge in [-0.3, -0.25) is 9.69 Å². The fraction of sp³-hybridized carbons (Fsp3) is 0.417. The molecule has 1 aliphatic carbocycles. The van der Waals surface area contributed by atoms with Crippen molar-refractivity contribution in [2.45, 2.75) is 31.6 Å². The Kier molecular flexibility index (Phi) is 7.01. The Bertz CT molecular complexity index is 1340. The van der Waals surface area contributed by atoms with Gasteiger partial charge >= 0.3 is 6.18 Å². The number of carbonyl (C=O) groups is 1. The molecule has 2 atom stereocenters. The van der Waals surface area contributed by atoms with E-state index in [2.05, 4.69) is 30.5 Å². The molecule has 9 nitrogen and oxygen atoms in total. The third-order valence-electron chi connectivity index (χ3n) is 6.51. The normalized spacial score (nSPS) is 19.5. The lowest BCUT2D eigenvalue weighted by Crippen LogP contribution is -2.48. The minimum Gasteiger partial charge on any atom is -0.395 e. The van der Waals surface area contributed by atoms with Crippen molar-refractivity contribution in [2.24, 2.45) is 5.92 Å². The molecular weight excluding hydrogens is 507 g/mol. The second-order valence-corrected chi connectivity index (χ2v) is 10.2. The predicted molar refractivity (Wildman–Crippen MR) is 133 cm³/mol. The van der Waals surface area contributed by atoms with Crippen LogP contribution in [0, 0.1) is 5.92 Å². The van der Waals surface area contributed by atoms with Crippen LogP contribution >= 0.6 is 11.3 Å². The minimum absolute atomic E-state index is 0.120. The van der Waals surface area contributed by atoms with Crippen LogP contribution in [0.25, 0.3) is 11.0 Å². The molecule has 3 aromatic heterocycles. The predicted octanol–water partition coefficient (Wildman–Crippen LogP) is 3.66. The van der Waals surface area contributed by atoms with E-state index in [1.807, 2.05) is 11.5 Å². The van der Waals surface area contributed by atoms with Crippen molar-refractivity contribution in [3.63, 3.8) is 0 Å². The molecule has 196 valence electrons. The number of amides is 1. The van der Waals surface area contributed by atoms with Crippen molar-refractivity contribution in [3.05, 3.63) is 59.3 Å².